The van der Waals surface area contributed by atoms with E-state index in [0.717, 1.165) is 80.7 Å². The molecule has 2 aromatic carbocycles. The van der Waals surface area contributed by atoms with Crippen molar-refractivity contribution in [3.05, 3.63) is 76.7 Å². The van der Waals surface area contributed by atoms with Gasteiger partial charge in [0.15, 0.2) is 9.84 Å². The zero-order valence-electron chi connectivity index (χ0n) is 33.5. The smallest absolute Gasteiger partial charge is 0.269 e. The molecule has 3 aromatic rings. The number of piperidine rings is 3. The van der Waals surface area contributed by atoms with Gasteiger partial charge in [-0.15, -0.1) is 0 Å². The van der Waals surface area contributed by atoms with E-state index < -0.39 is 45.4 Å². The van der Waals surface area contributed by atoms with Crippen LogP contribution in [0.2, 0.25) is 0 Å². The van der Waals surface area contributed by atoms with Gasteiger partial charge >= 0.3 is 0 Å². The maximum absolute atomic E-state index is 13.6. The van der Waals surface area contributed by atoms with Crippen LogP contribution < -0.4 is 26.2 Å². The molecular formula is C42H49N9O8S. The number of benzene rings is 2. The van der Waals surface area contributed by atoms with Gasteiger partial charge in [0, 0.05) is 70.1 Å². The van der Waals surface area contributed by atoms with Crippen molar-refractivity contribution in [2.24, 2.45) is 17.6 Å². The number of hydrogen-bond donors (Lipinski definition) is 3. The summed E-state index contributed by atoms with van der Waals surface area (Å²) in [4.78, 5) is 93.3. The van der Waals surface area contributed by atoms with Crippen LogP contribution in [0, 0.1) is 11.8 Å². The summed E-state index contributed by atoms with van der Waals surface area (Å²) in [7, 11) is -3.35. The number of fused-ring (bicyclic) bond motifs is 1. The fraction of sp³-hybridized carbons (Fsp3) is 0.476. The van der Waals surface area contributed by atoms with E-state index in [1.807, 2.05) is 6.07 Å². The number of sulfone groups is 1. The average molecular weight is 840 g/mol. The van der Waals surface area contributed by atoms with E-state index in [2.05, 4.69) is 30.3 Å². The summed E-state index contributed by atoms with van der Waals surface area (Å²) in [6.07, 6.45) is 7.44. The summed E-state index contributed by atoms with van der Waals surface area (Å²) in [5, 5.41) is 5.52. The minimum absolute atomic E-state index is 0.0494. The molecule has 0 radical (unpaired) electrons. The number of imide groups is 2. The third-order valence-corrected chi connectivity index (χ3v) is 13.6. The number of carbonyl (C=O) groups is 6. The molecule has 0 saturated carbocycles. The molecule has 5 aliphatic heterocycles. The van der Waals surface area contributed by atoms with Gasteiger partial charge in [0.25, 0.3) is 17.7 Å². The monoisotopic (exact) mass is 839 g/mol. The maximum Gasteiger partial charge on any atom is 0.269 e. The van der Waals surface area contributed by atoms with Crippen LogP contribution in [0.1, 0.15) is 87.4 Å². The van der Waals surface area contributed by atoms with Crippen LogP contribution in [0.4, 0.5) is 11.5 Å². The second kappa shape index (κ2) is 16.7. The average Bonchev–Trinajstić information content (AvgIpc) is 3.79. The van der Waals surface area contributed by atoms with Gasteiger partial charge in [0.05, 0.1) is 33.8 Å². The predicted molar refractivity (Wildman–Crippen MR) is 219 cm³/mol. The van der Waals surface area contributed by atoms with E-state index in [1.165, 1.54) is 18.3 Å². The number of amides is 6. The number of carbonyl (C=O) groups excluding carboxylic acids is 6. The van der Waals surface area contributed by atoms with E-state index in [0.29, 0.717) is 37.1 Å². The minimum Gasteiger partial charge on any atom is -0.371 e. The summed E-state index contributed by atoms with van der Waals surface area (Å²) in [5.41, 5.74) is 8.24. The van der Waals surface area contributed by atoms with Crippen molar-refractivity contribution in [2.75, 3.05) is 61.9 Å². The predicted octanol–water partition coefficient (Wildman–Crippen LogP) is 1.29. The number of nitrogens with one attached hydrogen (secondary N) is 2. The molecule has 3 atom stereocenters. The van der Waals surface area contributed by atoms with Gasteiger partial charge in [-0.25, -0.2) is 18.4 Å². The molecule has 5 aliphatic rings. The van der Waals surface area contributed by atoms with Crippen LogP contribution in [0.3, 0.4) is 0 Å². The van der Waals surface area contributed by atoms with Crippen LogP contribution in [-0.2, 0) is 30.6 Å². The van der Waals surface area contributed by atoms with Crippen molar-refractivity contribution < 1.29 is 37.2 Å². The Balaban J connectivity index is 0.812. The zero-order valence-corrected chi connectivity index (χ0v) is 34.3. The molecule has 0 aliphatic carbocycles. The van der Waals surface area contributed by atoms with E-state index >= 15 is 0 Å². The Morgan fingerprint density at radius 1 is 0.883 bits per heavy atom. The number of aromatic nitrogens is 2. The Morgan fingerprint density at radius 2 is 1.63 bits per heavy atom. The van der Waals surface area contributed by atoms with E-state index in [9.17, 15) is 37.2 Å². The molecule has 4 fully saturated rings. The van der Waals surface area contributed by atoms with Gasteiger partial charge in [0.1, 0.15) is 17.6 Å². The van der Waals surface area contributed by atoms with E-state index in [1.54, 1.807) is 24.3 Å². The Bertz CT molecular complexity index is 2350. The Kier molecular flexibility index (Phi) is 11.4. The number of nitrogens with two attached hydrogens (primary N) is 1. The topological polar surface area (TPSA) is 225 Å². The van der Waals surface area contributed by atoms with Crippen molar-refractivity contribution >= 4 is 56.8 Å². The molecule has 60 heavy (non-hydrogen) atoms. The molecule has 18 heteroatoms. The first-order chi connectivity index (χ1) is 28.7. The van der Waals surface area contributed by atoms with Gasteiger partial charge in [-0.05, 0) is 86.9 Å². The van der Waals surface area contributed by atoms with Gasteiger partial charge in [0.2, 0.25) is 17.7 Å². The molecule has 4 N–H and O–H groups in total. The van der Waals surface area contributed by atoms with Crippen molar-refractivity contribution in [1.82, 2.24) is 30.4 Å². The molecule has 316 valence electrons. The summed E-state index contributed by atoms with van der Waals surface area (Å²) in [6.45, 7) is 5.27. The van der Waals surface area contributed by atoms with Gasteiger partial charge in [-0.1, -0.05) is 12.1 Å². The summed E-state index contributed by atoms with van der Waals surface area (Å²) in [5.74, 6) is -1.79. The molecule has 8 rings (SSSR count). The van der Waals surface area contributed by atoms with Crippen molar-refractivity contribution in [3.8, 4) is 0 Å². The lowest BCUT2D eigenvalue weighted by atomic mass is 9.95. The zero-order chi connectivity index (χ0) is 42.3. The summed E-state index contributed by atoms with van der Waals surface area (Å²) < 4.78 is 23.8. The first-order valence-corrected chi connectivity index (χ1v) is 22.4. The number of nitrogens with zero attached hydrogens (tertiary/aromatic N) is 6. The molecule has 0 bridgehead atoms. The highest BCUT2D eigenvalue weighted by Gasteiger charge is 2.45. The largest absolute Gasteiger partial charge is 0.371 e. The van der Waals surface area contributed by atoms with Gasteiger partial charge < -0.3 is 25.8 Å². The normalized spacial score (nSPS) is 22.9. The Hall–Kier alpha value is -5.75. The fourth-order valence-electron chi connectivity index (χ4n) is 9.18. The molecule has 4 saturated heterocycles. The molecule has 17 nitrogen and oxygen atoms in total. The first kappa shape index (κ1) is 41.0. The first-order valence-electron chi connectivity index (χ1n) is 20.5. The molecule has 1 aromatic heterocycles. The Labute approximate surface area is 348 Å². The lowest BCUT2D eigenvalue weighted by molar-refractivity contribution is -0.136. The van der Waals surface area contributed by atoms with Gasteiger partial charge in [-0.2, -0.15) is 0 Å². The lowest BCUT2D eigenvalue weighted by Crippen LogP contribution is -2.54. The second-order valence-corrected chi connectivity index (χ2v) is 18.6. The Morgan fingerprint density at radius 3 is 2.35 bits per heavy atom. The standard InChI is InChI=1S/C42H49N9O8S/c1-60(58,59)30-7-4-25(5-8-30)19-33-37(38(43)53)44-21-35(46-33)50-15-2-3-28(24-50)45-39(54)27-14-16-48(23-27)22-26-12-17-49(18-13-26)29-6-9-31-32(20-29)42(57)51(41(31)56)34-10-11-36(52)47-40(34)55/h4-9,20-21,26-28,34H,2-3,10-19,22-24H2,1H3,(H2,43,53)(H,45,54)(H,47,52,55)/t27?,28-,34?/m1/s1. The molecule has 2 unspecified atom stereocenters. The highest BCUT2D eigenvalue weighted by molar-refractivity contribution is 7.90. The van der Waals surface area contributed by atoms with Crippen molar-refractivity contribution in [1.29, 1.82) is 0 Å². The molecule has 6 heterocycles. The maximum atomic E-state index is 13.6. The quantitative estimate of drug-likeness (QED) is 0.232. The number of anilines is 2. The van der Waals surface area contributed by atoms with Crippen LogP contribution in [-0.4, -0.2) is 128 Å². The fourth-order valence-corrected chi connectivity index (χ4v) is 9.81. The second-order valence-electron chi connectivity index (χ2n) is 16.6. The van der Waals surface area contributed by atoms with E-state index in [4.69, 9.17) is 10.7 Å². The van der Waals surface area contributed by atoms with Crippen molar-refractivity contribution in [3.63, 3.8) is 0 Å². The van der Waals surface area contributed by atoms with Crippen LogP contribution in [0.15, 0.2) is 53.6 Å². The number of primary amides is 1. The van der Waals surface area contributed by atoms with E-state index in [-0.39, 0.29) is 58.8 Å². The van der Waals surface area contributed by atoms with Crippen molar-refractivity contribution in [2.45, 2.75) is 68.3 Å². The third kappa shape index (κ3) is 8.61. The number of rotatable bonds is 11. The lowest BCUT2D eigenvalue weighted by Gasteiger charge is -2.35. The minimum atomic E-state index is -3.35. The number of hydrogen-bond acceptors (Lipinski definition) is 13. The molecule has 0 spiro atoms. The summed E-state index contributed by atoms with van der Waals surface area (Å²) >= 11 is 0. The molecule has 6 amide bonds. The highest BCUT2D eigenvalue weighted by atomic mass is 32.2. The van der Waals surface area contributed by atoms with Crippen LogP contribution in [0.5, 0.6) is 0 Å². The highest BCUT2D eigenvalue weighted by Crippen LogP contribution is 2.33. The molecular weight excluding hydrogens is 791 g/mol. The van der Waals surface area contributed by atoms with Gasteiger partial charge in [-0.3, -0.25) is 39.0 Å². The van der Waals surface area contributed by atoms with Crippen LogP contribution >= 0.6 is 0 Å². The number of likely N-dealkylation sites (tertiary alicyclic amines) is 1. The summed E-state index contributed by atoms with van der Waals surface area (Å²) in [6, 6.07) is 10.6. The SMILES string of the molecule is CS(=O)(=O)c1ccc(Cc2nc(N3CCC[C@@H](NC(=O)C4CCN(CC5CCN(c6ccc7c(c6)C(=O)N(C6CCC(=O)NC6=O)C7=O)CC5)C4)C3)cnc2C(N)=O)cc1. The van der Waals surface area contributed by atoms with Crippen LogP contribution in [0.25, 0.3) is 0 Å². The third-order valence-electron chi connectivity index (χ3n) is 12.4.